The average Bonchev–Trinajstić information content (AvgIpc) is 2.53. The molecule has 1 aromatic rings. The molecule has 0 amide bonds. The van der Waals surface area contributed by atoms with Crippen molar-refractivity contribution < 1.29 is 4.74 Å². The minimum atomic E-state index is -0.405. The first-order chi connectivity index (χ1) is 10.1. The monoisotopic (exact) mass is 288 g/mol. The van der Waals surface area contributed by atoms with E-state index in [1.807, 2.05) is 26.0 Å². The molecule has 0 aromatic carbocycles. The zero-order chi connectivity index (χ0) is 15.3. The van der Waals surface area contributed by atoms with Crippen LogP contribution in [0, 0.1) is 11.3 Å². The summed E-state index contributed by atoms with van der Waals surface area (Å²) in [7, 11) is 0. The molecule has 0 saturated carbocycles. The minimum Gasteiger partial charge on any atom is -0.490 e. The SMILES string of the molecule is CCCOc1cccnc1N1CCN(C(C)(C)C#N)CC1. The number of aromatic nitrogens is 1. The van der Waals surface area contributed by atoms with Crippen LogP contribution in [0.3, 0.4) is 0 Å². The third-order valence-electron chi connectivity index (χ3n) is 3.86. The van der Waals surface area contributed by atoms with Crippen molar-refractivity contribution in [2.75, 3.05) is 37.7 Å². The number of piperazine rings is 1. The number of nitriles is 1. The highest BCUT2D eigenvalue weighted by atomic mass is 16.5. The Morgan fingerprint density at radius 2 is 2.05 bits per heavy atom. The summed E-state index contributed by atoms with van der Waals surface area (Å²) in [4.78, 5) is 8.95. The van der Waals surface area contributed by atoms with Gasteiger partial charge in [-0.1, -0.05) is 6.92 Å². The van der Waals surface area contributed by atoms with Crippen LogP contribution in [0.2, 0.25) is 0 Å². The summed E-state index contributed by atoms with van der Waals surface area (Å²) in [6.07, 6.45) is 2.79. The van der Waals surface area contributed by atoms with E-state index >= 15 is 0 Å². The second-order valence-electron chi connectivity index (χ2n) is 5.82. The average molecular weight is 288 g/mol. The second kappa shape index (κ2) is 6.77. The largest absolute Gasteiger partial charge is 0.490 e. The molecular weight excluding hydrogens is 264 g/mol. The van der Waals surface area contributed by atoms with Crippen LogP contribution < -0.4 is 9.64 Å². The van der Waals surface area contributed by atoms with Gasteiger partial charge in [-0.05, 0) is 32.4 Å². The zero-order valence-electron chi connectivity index (χ0n) is 13.2. The van der Waals surface area contributed by atoms with Gasteiger partial charge in [0, 0.05) is 32.4 Å². The number of hydrogen-bond donors (Lipinski definition) is 0. The quantitative estimate of drug-likeness (QED) is 0.832. The van der Waals surface area contributed by atoms with Gasteiger partial charge < -0.3 is 9.64 Å². The molecule has 0 radical (unpaired) electrons. The highest BCUT2D eigenvalue weighted by Gasteiger charge is 2.30. The Morgan fingerprint density at radius 3 is 2.67 bits per heavy atom. The maximum atomic E-state index is 9.23. The normalized spacial score (nSPS) is 16.6. The third kappa shape index (κ3) is 3.64. The highest BCUT2D eigenvalue weighted by Crippen LogP contribution is 2.27. The third-order valence-corrected chi connectivity index (χ3v) is 3.86. The van der Waals surface area contributed by atoms with E-state index in [9.17, 15) is 5.26 Å². The van der Waals surface area contributed by atoms with Gasteiger partial charge in [-0.2, -0.15) is 5.26 Å². The molecule has 2 heterocycles. The van der Waals surface area contributed by atoms with Gasteiger partial charge in [-0.15, -0.1) is 0 Å². The first kappa shape index (κ1) is 15.6. The number of ether oxygens (including phenoxy) is 1. The van der Waals surface area contributed by atoms with Crippen molar-refractivity contribution in [3.05, 3.63) is 18.3 Å². The summed E-state index contributed by atoms with van der Waals surface area (Å²) in [5.41, 5.74) is -0.405. The van der Waals surface area contributed by atoms with E-state index in [0.29, 0.717) is 6.61 Å². The van der Waals surface area contributed by atoms with E-state index in [1.165, 1.54) is 0 Å². The van der Waals surface area contributed by atoms with Crippen molar-refractivity contribution in [3.8, 4) is 11.8 Å². The van der Waals surface area contributed by atoms with Crippen molar-refractivity contribution >= 4 is 5.82 Å². The molecule has 0 spiro atoms. The Morgan fingerprint density at radius 1 is 1.33 bits per heavy atom. The summed E-state index contributed by atoms with van der Waals surface area (Å²) in [6, 6.07) is 6.25. The Labute approximate surface area is 127 Å². The van der Waals surface area contributed by atoms with E-state index in [4.69, 9.17) is 4.74 Å². The fourth-order valence-electron chi connectivity index (χ4n) is 2.49. The van der Waals surface area contributed by atoms with Gasteiger partial charge in [0.15, 0.2) is 11.6 Å². The van der Waals surface area contributed by atoms with Crippen LogP contribution in [-0.2, 0) is 0 Å². The number of pyridine rings is 1. The molecule has 1 aromatic heterocycles. The smallest absolute Gasteiger partial charge is 0.171 e. The molecule has 5 heteroatoms. The highest BCUT2D eigenvalue weighted by molar-refractivity contribution is 5.52. The molecule has 0 aliphatic carbocycles. The maximum absolute atomic E-state index is 9.23. The first-order valence-electron chi connectivity index (χ1n) is 7.57. The van der Waals surface area contributed by atoms with Crippen molar-refractivity contribution in [3.63, 3.8) is 0 Å². The van der Waals surface area contributed by atoms with Gasteiger partial charge in [0.05, 0.1) is 12.7 Å². The Bertz CT molecular complexity index is 501. The van der Waals surface area contributed by atoms with Gasteiger partial charge in [0.1, 0.15) is 5.54 Å². The Balaban J connectivity index is 2.04. The van der Waals surface area contributed by atoms with Crippen LogP contribution in [-0.4, -0.2) is 48.2 Å². The Kier molecular flexibility index (Phi) is 5.03. The molecule has 1 fully saturated rings. The lowest BCUT2D eigenvalue weighted by Gasteiger charge is -2.41. The van der Waals surface area contributed by atoms with Crippen LogP contribution in [0.1, 0.15) is 27.2 Å². The number of nitrogens with zero attached hydrogens (tertiary/aromatic N) is 4. The topological polar surface area (TPSA) is 52.4 Å². The lowest BCUT2D eigenvalue weighted by atomic mass is 10.0. The maximum Gasteiger partial charge on any atom is 0.171 e. The zero-order valence-corrected chi connectivity index (χ0v) is 13.2. The summed E-state index contributed by atoms with van der Waals surface area (Å²) >= 11 is 0. The molecule has 0 unspecified atom stereocenters. The van der Waals surface area contributed by atoms with E-state index < -0.39 is 5.54 Å². The first-order valence-corrected chi connectivity index (χ1v) is 7.57. The molecule has 5 nitrogen and oxygen atoms in total. The molecule has 0 bridgehead atoms. The van der Waals surface area contributed by atoms with Crippen LogP contribution in [0.15, 0.2) is 18.3 Å². The van der Waals surface area contributed by atoms with Gasteiger partial charge in [0.25, 0.3) is 0 Å². The van der Waals surface area contributed by atoms with Crippen molar-refractivity contribution in [2.24, 2.45) is 0 Å². The fraction of sp³-hybridized carbons (Fsp3) is 0.625. The number of anilines is 1. The van der Waals surface area contributed by atoms with Gasteiger partial charge >= 0.3 is 0 Å². The predicted molar refractivity (Wildman–Crippen MR) is 83.5 cm³/mol. The minimum absolute atomic E-state index is 0.405. The van der Waals surface area contributed by atoms with Crippen LogP contribution >= 0.6 is 0 Å². The molecule has 1 saturated heterocycles. The molecule has 1 aliphatic heterocycles. The van der Waals surface area contributed by atoms with Crippen LogP contribution in [0.25, 0.3) is 0 Å². The summed E-state index contributed by atoms with van der Waals surface area (Å²) in [5, 5.41) is 9.23. The summed E-state index contributed by atoms with van der Waals surface area (Å²) in [5.74, 6) is 1.77. The Hall–Kier alpha value is -1.80. The summed E-state index contributed by atoms with van der Waals surface area (Å²) < 4.78 is 5.78. The van der Waals surface area contributed by atoms with Gasteiger partial charge in [0.2, 0.25) is 0 Å². The van der Waals surface area contributed by atoms with Crippen LogP contribution in [0.5, 0.6) is 5.75 Å². The summed E-state index contributed by atoms with van der Waals surface area (Å²) in [6.45, 7) is 10.2. The molecule has 21 heavy (non-hydrogen) atoms. The van der Waals surface area contributed by atoms with Gasteiger partial charge in [-0.3, -0.25) is 4.90 Å². The van der Waals surface area contributed by atoms with E-state index in [2.05, 4.69) is 27.8 Å². The molecule has 2 rings (SSSR count). The number of hydrogen-bond acceptors (Lipinski definition) is 5. The van der Waals surface area contributed by atoms with Crippen molar-refractivity contribution in [1.82, 2.24) is 9.88 Å². The molecule has 0 N–H and O–H groups in total. The second-order valence-corrected chi connectivity index (χ2v) is 5.82. The predicted octanol–water partition coefficient (Wildman–Crippen LogP) is 2.29. The number of rotatable bonds is 5. The standard InChI is InChI=1S/C16H24N4O/c1-4-12-21-14-6-5-7-18-15(14)19-8-10-20(11-9-19)16(2,3)13-17/h5-7H,4,8-12H2,1-3H3. The van der Waals surface area contributed by atoms with E-state index in [-0.39, 0.29) is 0 Å². The van der Waals surface area contributed by atoms with Crippen LogP contribution in [0.4, 0.5) is 5.82 Å². The molecule has 1 aliphatic rings. The van der Waals surface area contributed by atoms with Crippen molar-refractivity contribution in [2.45, 2.75) is 32.7 Å². The van der Waals surface area contributed by atoms with Gasteiger partial charge in [-0.25, -0.2) is 4.98 Å². The molecular formula is C16H24N4O. The molecule has 114 valence electrons. The van der Waals surface area contributed by atoms with E-state index in [1.54, 1.807) is 6.20 Å². The lowest BCUT2D eigenvalue weighted by Crippen LogP contribution is -2.54. The fourth-order valence-corrected chi connectivity index (χ4v) is 2.49. The lowest BCUT2D eigenvalue weighted by molar-refractivity contribution is 0.157. The van der Waals surface area contributed by atoms with Crippen molar-refractivity contribution in [1.29, 1.82) is 5.26 Å². The van der Waals surface area contributed by atoms with E-state index in [0.717, 1.165) is 44.2 Å². The molecule has 0 atom stereocenters.